The first-order valence-corrected chi connectivity index (χ1v) is 7.17. The second kappa shape index (κ2) is 7.87. The number of Topliss-reactive ketones (excluding diaryl/α,β-unsaturated/α-hetero) is 1. The quantitative estimate of drug-likeness (QED) is 0.319. The van der Waals surface area contributed by atoms with E-state index in [1.807, 2.05) is 0 Å². The Morgan fingerprint density at radius 2 is 1.76 bits per heavy atom. The molecule has 2 rings (SSSR count). The highest BCUT2D eigenvalue weighted by molar-refractivity contribution is 5.99. The van der Waals surface area contributed by atoms with Gasteiger partial charge in [0.25, 0.3) is 0 Å². The molecule has 0 fully saturated rings. The third-order valence-corrected chi connectivity index (χ3v) is 3.26. The molecule has 0 spiro atoms. The normalized spacial score (nSPS) is 10.6. The number of phenolic OH excluding ortho intramolecular Hbond substituents is 3. The van der Waals surface area contributed by atoms with Gasteiger partial charge in [-0.3, -0.25) is 4.79 Å². The minimum atomic E-state index is -0.744. The van der Waals surface area contributed by atoms with Crippen LogP contribution in [0.25, 0.3) is 6.08 Å². The lowest BCUT2D eigenvalue weighted by Crippen LogP contribution is -2.12. The highest BCUT2D eigenvalue weighted by Crippen LogP contribution is 2.27. The molecule has 0 saturated carbocycles. The van der Waals surface area contributed by atoms with E-state index in [4.69, 9.17) is 9.47 Å². The Bertz CT molecular complexity index is 824. The molecule has 0 aromatic heterocycles. The summed E-state index contributed by atoms with van der Waals surface area (Å²) in [5.74, 6) is -1.82. The molecule has 0 aliphatic rings. The summed E-state index contributed by atoms with van der Waals surface area (Å²) >= 11 is 0. The van der Waals surface area contributed by atoms with Crippen molar-refractivity contribution in [1.29, 1.82) is 0 Å². The van der Waals surface area contributed by atoms with Crippen molar-refractivity contribution in [3.05, 3.63) is 53.6 Å². The van der Waals surface area contributed by atoms with Crippen LogP contribution in [0.1, 0.15) is 15.9 Å². The number of hydrogen-bond acceptors (Lipinski definition) is 7. The number of hydrogen-bond donors (Lipinski definition) is 3. The molecule has 0 saturated heterocycles. The van der Waals surface area contributed by atoms with Crippen LogP contribution in [0.5, 0.6) is 23.0 Å². The minimum Gasteiger partial charge on any atom is -0.504 e. The largest absolute Gasteiger partial charge is 0.504 e. The number of carbonyl (C=O) groups excluding carboxylic acids is 2. The van der Waals surface area contributed by atoms with Crippen molar-refractivity contribution in [3.63, 3.8) is 0 Å². The van der Waals surface area contributed by atoms with Crippen molar-refractivity contribution in [2.45, 2.75) is 0 Å². The van der Waals surface area contributed by atoms with Gasteiger partial charge in [-0.2, -0.15) is 0 Å². The number of methoxy groups -OCH3 is 1. The van der Waals surface area contributed by atoms with Crippen LogP contribution in [0.2, 0.25) is 0 Å². The van der Waals surface area contributed by atoms with E-state index in [0.717, 1.165) is 12.1 Å². The molecule has 130 valence electrons. The number of benzene rings is 2. The molecule has 2 aromatic rings. The maximum Gasteiger partial charge on any atom is 0.331 e. The fourth-order valence-electron chi connectivity index (χ4n) is 1.94. The molecule has 0 atom stereocenters. The molecular weight excluding hydrogens is 328 g/mol. The lowest BCUT2D eigenvalue weighted by molar-refractivity contribution is -0.136. The molecule has 0 radical (unpaired) electrons. The van der Waals surface area contributed by atoms with Gasteiger partial charge in [-0.05, 0) is 42.0 Å². The third-order valence-electron chi connectivity index (χ3n) is 3.26. The highest BCUT2D eigenvalue weighted by atomic mass is 16.5. The Kier molecular flexibility index (Phi) is 5.62. The second-order valence-electron chi connectivity index (χ2n) is 5.00. The average Bonchev–Trinajstić information content (AvgIpc) is 2.60. The minimum absolute atomic E-state index is 0.0691. The molecule has 0 unspecified atom stereocenters. The first kappa shape index (κ1) is 17.9. The van der Waals surface area contributed by atoms with Gasteiger partial charge in [0.2, 0.25) is 0 Å². The van der Waals surface area contributed by atoms with E-state index in [-0.39, 0.29) is 17.1 Å². The Hall–Kier alpha value is -3.48. The lowest BCUT2D eigenvalue weighted by Gasteiger charge is -2.04. The fraction of sp³-hybridized carbons (Fsp3) is 0.111. The summed E-state index contributed by atoms with van der Waals surface area (Å²) < 4.78 is 9.73. The van der Waals surface area contributed by atoms with E-state index >= 15 is 0 Å². The molecular formula is C18H16O7. The van der Waals surface area contributed by atoms with Crippen LogP contribution in [-0.4, -0.2) is 40.8 Å². The molecule has 0 aliphatic heterocycles. The van der Waals surface area contributed by atoms with Crippen LogP contribution in [0.3, 0.4) is 0 Å². The third kappa shape index (κ3) is 4.74. The predicted octanol–water partition coefficient (Wildman–Crippen LogP) is 2.25. The van der Waals surface area contributed by atoms with Gasteiger partial charge in [-0.1, -0.05) is 6.07 Å². The van der Waals surface area contributed by atoms with Gasteiger partial charge in [0.1, 0.15) is 0 Å². The molecule has 25 heavy (non-hydrogen) atoms. The fourth-order valence-corrected chi connectivity index (χ4v) is 1.94. The van der Waals surface area contributed by atoms with Crippen molar-refractivity contribution < 1.29 is 34.4 Å². The van der Waals surface area contributed by atoms with Crippen LogP contribution in [0.15, 0.2) is 42.5 Å². The first-order chi connectivity index (χ1) is 11.9. The molecule has 0 heterocycles. The van der Waals surface area contributed by atoms with Gasteiger partial charge in [0.05, 0.1) is 7.11 Å². The van der Waals surface area contributed by atoms with E-state index in [1.165, 1.54) is 31.4 Å². The van der Waals surface area contributed by atoms with Gasteiger partial charge in [0, 0.05) is 11.6 Å². The lowest BCUT2D eigenvalue weighted by atomic mass is 10.1. The first-order valence-electron chi connectivity index (χ1n) is 7.17. The second-order valence-corrected chi connectivity index (χ2v) is 5.00. The van der Waals surface area contributed by atoms with Crippen molar-refractivity contribution >= 4 is 17.8 Å². The monoisotopic (exact) mass is 344 g/mol. The standard InChI is InChI=1S/C18H16O7/c1-24-17-6-2-11(8-15(17)21)3-7-18(23)25-10-16(22)12-4-5-13(19)14(20)9-12/h2-9,19-21H,10H2,1H3. The van der Waals surface area contributed by atoms with Crippen molar-refractivity contribution in [2.75, 3.05) is 13.7 Å². The van der Waals surface area contributed by atoms with Gasteiger partial charge in [-0.15, -0.1) is 0 Å². The topological polar surface area (TPSA) is 113 Å². The van der Waals surface area contributed by atoms with E-state index in [1.54, 1.807) is 12.1 Å². The molecule has 2 aromatic carbocycles. The number of ether oxygens (including phenoxy) is 2. The Balaban J connectivity index is 1.92. The van der Waals surface area contributed by atoms with Gasteiger partial charge in [0.15, 0.2) is 35.4 Å². The maximum atomic E-state index is 11.9. The van der Waals surface area contributed by atoms with Gasteiger partial charge >= 0.3 is 5.97 Å². The number of aromatic hydroxyl groups is 3. The Morgan fingerprint density at radius 3 is 2.40 bits per heavy atom. The molecule has 0 bridgehead atoms. The molecule has 7 nitrogen and oxygen atoms in total. The van der Waals surface area contributed by atoms with Crippen LogP contribution in [0, 0.1) is 0 Å². The molecule has 0 amide bonds. The maximum absolute atomic E-state index is 11.9. The van der Waals surface area contributed by atoms with Crippen molar-refractivity contribution in [2.24, 2.45) is 0 Å². The summed E-state index contributed by atoms with van der Waals surface area (Å²) in [6, 6.07) is 8.14. The van der Waals surface area contributed by atoms with Crippen LogP contribution < -0.4 is 4.74 Å². The van der Waals surface area contributed by atoms with E-state index < -0.39 is 24.1 Å². The smallest absolute Gasteiger partial charge is 0.331 e. The zero-order valence-corrected chi connectivity index (χ0v) is 13.3. The number of phenols is 3. The van der Waals surface area contributed by atoms with E-state index in [2.05, 4.69) is 0 Å². The summed E-state index contributed by atoms with van der Waals surface area (Å²) in [5.41, 5.74) is 0.650. The number of esters is 1. The number of carbonyl (C=O) groups is 2. The van der Waals surface area contributed by atoms with Crippen molar-refractivity contribution in [3.8, 4) is 23.0 Å². The number of rotatable bonds is 6. The molecule has 7 heteroatoms. The Morgan fingerprint density at radius 1 is 1.00 bits per heavy atom. The average molecular weight is 344 g/mol. The van der Waals surface area contributed by atoms with Crippen LogP contribution >= 0.6 is 0 Å². The predicted molar refractivity (Wildman–Crippen MR) is 88.8 cm³/mol. The summed E-state index contributed by atoms with van der Waals surface area (Å²) in [7, 11) is 1.42. The highest BCUT2D eigenvalue weighted by Gasteiger charge is 2.11. The van der Waals surface area contributed by atoms with E-state index in [9.17, 15) is 24.9 Å². The SMILES string of the molecule is COc1ccc(C=CC(=O)OCC(=O)c2ccc(O)c(O)c2)cc1O. The molecule has 3 N–H and O–H groups in total. The van der Waals surface area contributed by atoms with Crippen LogP contribution in [0.4, 0.5) is 0 Å². The summed E-state index contributed by atoms with van der Waals surface area (Å²) in [4.78, 5) is 23.5. The zero-order chi connectivity index (χ0) is 18.4. The zero-order valence-electron chi connectivity index (χ0n) is 13.3. The Labute approximate surface area is 143 Å². The molecule has 0 aliphatic carbocycles. The summed E-state index contributed by atoms with van der Waals surface area (Å²) in [5, 5.41) is 28.2. The van der Waals surface area contributed by atoms with Crippen molar-refractivity contribution in [1.82, 2.24) is 0 Å². The number of ketones is 1. The van der Waals surface area contributed by atoms with E-state index in [0.29, 0.717) is 11.3 Å². The summed E-state index contributed by atoms with van der Waals surface area (Å²) in [6.45, 7) is -0.513. The van der Waals surface area contributed by atoms with Gasteiger partial charge < -0.3 is 24.8 Å². The van der Waals surface area contributed by atoms with Gasteiger partial charge in [-0.25, -0.2) is 4.79 Å². The van der Waals surface area contributed by atoms with Crippen LogP contribution in [-0.2, 0) is 9.53 Å². The summed E-state index contributed by atoms with van der Waals surface area (Å²) in [6.07, 6.45) is 2.53.